The molecule has 2 nitrogen and oxygen atoms in total. The summed E-state index contributed by atoms with van der Waals surface area (Å²) in [6, 6.07) is 6.54. The third kappa shape index (κ3) is 1.31. The van der Waals surface area contributed by atoms with Gasteiger partial charge in [-0.1, -0.05) is 0 Å². The van der Waals surface area contributed by atoms with Crippen molar-refractivity contribution in [1.82, 2.24) is 4.57 Å². The predicted molar refractivity (Wildman–Crippen MR) is 52.7 cm³/mol. The molecule has 0 aliphatic carbocycles. The molecular formula is C11H10FNO. The number of carbonyl (C=O) groups is 1. The quantitative estimate of drug-likeness (QED) is 0.667. The molecule has 0 unspecified atom stereocenters. The Bertz CT molecular complexity index is 487. The standard InChI is InChI=1S/C11H10FNO/c1-8-6-9-2-3-10(12)7-11(9)13(8)4-5-14/h2-3,5-7H,4H2,1H3. The van der Waals surface area contributed by atoms with E-state index in [2.05, 4.69) is 0 Å². The molecule has 0 N–H and O–H groups in total. The molecule has 0 bridgehead atoms. The molecule has 0 amide bonds. The molecule has 1 aromatic heterocycles. The number of aldehydes is 1. The van der Waals surface area contributed by atoms with Crippen LogP contribution in [0.5, 0.6) is 0 Å². The van der Waals surface area contributed by atoms with Gasteiger partial charge in [0.2, 0.25) is 0 Å². The zero-order valence-electron chi connectivity index (χ0n) is 7.83. The molecule has 0 radical (unpaired) electrons. The van der Waals surface area contributed by atoms with Gasteiger partial charge in [0.05, 0.1) is 12.1 Å². The fourth-order valence-corrected chi connectivity index (χ4v) is 1.68. The molecule has 72 valence electrons. The van der Waals surface area contributed by atoms with E-state index in [-0.39, 0.29) is 12.4 Å². The first kappa shape index (κ1) is 8.94. The molecule has 1 aromatic carbocycles. The molecule has 0 atom stereocenters. The molecule has 0 fully saturated rings. The third-order valence-corrected chi connectivity index (χ3v) is 2.33. The van der Waals surface area contributed by atoms with Crippen molar-refractivity contribution >= 4 is 17.2 Å². The van der Waals surface area contributed by atoms with Crippen LogP contribution < -0.4 is 0 Å². The maximum Gasteiger partial charge on any atom is 0.139 e. The molecule has 2 rings (SSSR count). The fourth-order valence-electron chi connectivity index (χ4n) is 1.68. The van der Waals surface area contributed by atoms with Crippen molar-refractivity contribution in [3.8, 4) is 0 Å². The van der Waals surface area contributed by atoms with Crippen LogP contribution in [0.3, 0.4) is 0 Å². The summed E-state index contributed by atoms with van der Waals surface area (Å²) in [6.45, 7) is 2.18. The topological polar surface area (TPSA) is 22.0 Å². The summed E-state index contributed by atoms with van der Waals surface area (Å²) in [4.78, 5) is 10.4. The van der Waals surface area contributed by atoms with Crippen LogP contribution in [0.1, 0.15) is 5.69 Å². The first-order valence-electron chi connectivity index (χ1n) is 4.41. The largest absolute Gasteiger partial charge is 0.338 e. The number of carbonyl (C=O) groups excluding carboxylic acids is 1. The van der Waals surface area contributed by atoms with Crippen LogP contribution in [0.25, 0.3) is 10.9 Å². The lowest BCUT2D eigenvalue weighted by Gasteiger charge is -2.02. The molecular weight excluding hydrogens is 181 g/mol. The summed E-state index contributed by atoms with van der Waals surface area (Å²) in [5.74, 6) is -0.275. The maximum atomic E-state index is 13.0. The monoisotopic (exact) mass is 191 g/mol. The Labute approximate surface area is 81.0 Å². The molecule has 0 aliphatic rings. The van der Waals surface area contributed by atoms with Crippen LogP contribution in [0.4, 0.5) is 4.39 Å². The first-order chi connectivity index (χ1) is 6.72. The van der Waals surface area contributed by atoms with Gasteiger partial charge in [-0.3, -0.25) is 0 Å². The van der Waals surface area contributed by atoms with Crippen LogP contribution >= 0.6 is 0 Å². The van der Waals surface area contributed by atoms with Crippen molar-refractivity contribution in [1.29, 1.82) is 0 Å². The summed E-state index contributed by atoms with van der Waals surface area (Å²) in [6.07, 6.45) is 0.817. The van der Waals surface area contributed by atoms with Gasteiger partial charge in [-0.25, -0.2) is 4.39 Å². The van der Waals surface area contributed by atoms with Crippen molar-refractivity contribution in [2.75, 3.05) is 0 Å². The van der Waals surface area contributed by atoms with Gasteiger partial charge in [0.25, 0.3) is 0 Å². The smallest absolute Gasteiger partial charge is 0.139 e. The highest BCUT2D eigenvalue weighted by molar-refractivity contribution is 5.82. The highest BCUT2D eigenvalue weighted by Crippen LogP contribution is 2.19. The van der Waals surface area contributed by atoms with Gasteiger partial charge in [0, 0.05) is 11.1 Å². The van der Waals surface area contributed by atoms with Crippen LogP contribution in [0, 0.1) is 12.7 Å². The van der Waals surface area contributed by atoms with Gasteiger partial charge in [-0.05, 0) is 31.2 Å². The Hall–Kier alpha value is -1.64. The molecule has 0 spiro atoms. The average Bonchev–Trinajstić information content (AvgIpc) is 2.45. The van der Waals surface area contributed by atoms with E-state index in [1.807, 2.05) is 13.0 Å². The third-order valence-electron chi connectivity index (χ3n) is 2.33. The predicted octanol–water partition coefficient (Wildman–Crippen LogP) is 2.29. The number of halogens is 1. The van der Waals surface area contributed by atoms with Crippen molar-refractivity contribution < 1.29 is 9.18 Å². The van der Waals surface area contributed by atoms with Gasteiger partial charge in [-0.15, -0.1) is 0 Å². The highest BCUT2D eigenvalue weighted by Gasteiger charge is 2.05. The van der Waals surface area contributed by atoms with Crippen molar-refractivity contribution in [2.24, 2.45) is 0 Å². The van der Waals surface area contributed by atoms with Crippen molar-refractivity contribution in [3.05, 3.63) is 35.8 Å². The Morgan fingerprint density at radius 2 is 2.21 bits per heavy atom. The first-order valence-corrected chi connectivity index (χ1v) is 4.41. The lowest BCUT2D eigenvalue weighted by atomic mass is 10.2. The Balaban J connectivity index is 2.72. The van der Waals surface area contributed by atoms with Gasteiger partial charge < -0.3 is 9.36 Å². The Kier molecular flexibility index (Phi) is 2.08. The van der Waals surface area contributed by atoms with Crippen LogP contribution in [0.15, 0.2) is 24.3 Å². The molecule has 0 aliphatic heterocycles. The lowest BCUT2D eigenvalue weighted by Crippen LogP contribution is -2.00. The summed E-state index contributed by atoms with van der Waals surface area (Å²) < 4.78 is 14.8. The second-order valence-electron chi connectivity index (χ2n) is 3.27. The molecule has 2 aromatic rings. The molecule has 0 saturated carbocycles. The number of aromatic nitrogens is 1. The number of fused-ring (bicyclic) bond motifs is 1. The molecule has 3 heteroatoms. The van der Waals surface area contributed by atoms with Gasteiger partial charge >= 0.3 is 0 Å². The van der Waals surface area contributed by atoms with E-state index in [0.717, 1.165) is 22.9 Å². The minimum absolute atomic E-state index is 0.275. The zero-order chi connectivity index (χ0) is 10.1. The number of nitrogens with zero attached hydrogens (tertiary/aromatic N) is 1. The van der Waals surface area contributed by atoms with Crippen LogP contribution in [-0.4, -0.2) is 10.9 Å². The minimum atomic E-state index is -0.275. The van der Waals surface area contributed by atoms with E-state index < -0.39 is 0 Å². The highest BCUT2D eigenvalue weighted by atomic mass is 19.1. The molecule has 14 heavy (non-hydrogen) atoms. The molecule has 1 heterocycles. The normalized spacial score (nSPS) is 10.7. The number of hydrogen-bond donors (Lipinski definition) is 0. The summed E-state index contributed by atoms with van der Waals surface area (Å²) in [7, 11) is 0. The number of benzene rings is 1. The molecule has 0 saturated heterocycles. The lowest BCUT2D eigenvalue weighted by molar-refractivity contribution is -0.108. The van der Waals surface area contributed by atoms with E-state index in [0.29, 0.717) is 0 Å². The van der Waals surface area contributed by atoms with Crippen molar-refractivity contribution in [2.45, 2.75) is 13.5 Å². The Morgan fingerprint density at radius 1 is 1.43 bits per heavy atom. The zero-order valence-corrected chi connectivity index (χ0v) is 7.83. The van der Waals surface area contributed by atoms with E-state index in [4.69, 9.17) is 0 Å². The number of rotatable bonds is 2. The van der Waals surface area contributed by atoms with E-state index in [1.165, 1.54) is 12.1 Å². The average molecular weight is 191 g/mol. The summed E-state index contributed by atoms with van der Waals surface area (Å²) >= 11 is 0. The number of hydrogen-bond acceptors (Lipinski definition) is 1. The summed E-state index contributed by atoms with van der Waals surface area (Å²) in [5, 5.41) is 0.964. The minimum Gasteiger partial charge on any atom is -0.338 e. The van der Waals surface area contributed by atoms with Crippen molar-refractivity contribution in [3.63, 3.8) is 0 Å². The van der Waals surface area contributed by atoms with Crippen LogP contribution in [-0.2, 0) is 11.3 Å². The second-order valence-corrected chi connectivity index (χ2v) is 3.27. The van der Waals surface area contributed by atoms with Gasteiger partial charge in [-0.2, -0.15) is 0 Å². The fraction of sp³-hybridized carbons (Fsp3) is 0.182. The van der Waals surface area contributed by atoms with E-state index in [1.54, 1.807) is 10.6 Å². The van der Waals surface area contributed by atoms with Crippen LogP contribution in [0.2, 0.25) is 0 Å². The van der Waals surface area contributed by atoms with E-state index in [9.17, 15) is 9.18 Å². The summed E-state index contributed by atoms with van der Waals surface area (Å²) in [5.41, 5.74) is 1.74. The van der Waals surface area contributed by atoms with Gasteiger partial charge in [0.1, 0.15) is 12.1 Å². The Morgan fingerprint density at radius 3 is 2.93 bits per heavy atom. The maximum absolute atomic E-state index is 13.0. The SMILES string of the molecule is Cc1cc2ccc(F)cc2n1CC=O. The number of aryl methyl sites for hydroxylation is 1. The second kappa shape index (κ2) is 3.25. The van der Waals surface area contributed by atoms with Gasteiger partial charge in [0.15, 0.2) is 0 Å². The van der Waals surface area contributed by atoms with E-state index >= 15 is 0 Å².